The first-order chi connectivity index (χ1) is 9.47. The van der Waals surface area contributed by atoms with Crippen molar-refractivity contribution in [3.05, 3.63) is 0 Å². The molecule has 4 aliphatic carbocycles. The lowest BCUT2D eigenvalue weighted by atomic mass is 9.48. The van der Waals surface area contributed by atoms with Crippen LogP contribution in [0.4, 0.5) is 0 Å². The van der Waals surface area contributed by atoms with Gasteiger partial charge < -0.3 is 10.6 Å². The average molecular weight is 295 g/mol. The summed E-state index contributed by atoms with van der Waals surface area (Å²) in [5.41, 5.74) is 0.540. The molecule has 3 heteroatoms. The summed E-state index contributed by atoms with van der Waals surface area (Å²) in [4.78, 5) is 0. The van der Waals surface area contributed by atoms with Crippen LogP contribution in [0, 0.1) is 29.1 Å². The molecular formula is C17H30N2S. The van der Waals surface area contributed by atoms with E-state index in [1.807, 2.05) is 0 Å². The van der Waals surface area contributed by atoms with Crippen molar-refractivity contribution in [2.45, 2.75) is 65.3 Å². The summed E-state index contributed by atoms with van der Waals surface area (Å²) in [5.74, 6) is 3.69. The van der Waals surface area contributed by atoms with Crippen LogP contribution in [-0.4, -0.2) is 17.7 Å². The largest absolute Gasteiger partial charge is 0.362 e. The van der Waals surface area contributed by atoms with Crippen molar-refractivity contribution in [1.82, 2.24) is 10.6 Å². The molecule has 0 heterocycles. The molecule has 4 bridgehead atoms. The summed E-state index contributed by atoms with van der Waals surface area (Å²) in [6, 6.07) is 0.531. The number of nitrogens with one attached hydrogen (secondary N) is 2. The molecule has 1 unspecified atom stereocenters. The van der Waals surface area contributed by atoms with E-state index in [1.165, 1.54) is 38.5 Å². The van der Waals surface area contributed by atoms with Crippen molar-refractivity contribution in [2.24, 2.45) is 29.1 Å². The first kappa shape index (κ1) is 14.6. The monoisotopic (exact) mass is 294 g/mol. The minimum atomic E-state index is 0.531. The number of thiocarbonyl (C=S) groups is 1. The molecule has 0 amide bonds. The molecule has 4 aliphatic rings. The van der Waals surface area contributed by atoms with Crippen molar-refractivity contribution in [3.8, 4) is 0 Å². The van der Waals surface area contributed by atoms with Crippen LogP contribution in [0.25, 0.3) is 0 Å². The van der Waals surface area contributed by atoms with Crippen molar-refractivity contribution in [3.63, 3.8) is 0 Å². The lowest BCUT2D eigenvalue weighted by Crippen LogP contribution is -2.57. The molecule has 0 spiro atoms. The van der Waals surface area contributed by atoms with Gasteiger partial charge >= 0.3 is 0 Å². The molecule has 0 aromatic heterocycles. The molecule has 4 fully saturated rings. The minimum absolute atomic E-state index is 0.531. The summed E-state index contributed by atoms with van der Waals surface area (Å²) in [6.07, 6.45) is 8.88. The molecule has 2 nitrogen and oxygen atoms in total. The molecule has 1 atom stereocenters. The van der Waals surface area contributed by atoms with Crippen molar-refractivity contribution in [2.75, 3.05) is 6.54 Å². The molecule has 4 saturated carbocycles. The molecule has 0 aliphatic heterocycles. The highest BCUT2D eigenvalue weighted by atomic mass is 32.1. The van der Waals surface area contributed by atoms with E-state index in [-0.39, 0.29) is 0 Å². The van der Waals surface area contributed by atoms with E-state index in [0.717, 1.165) is 29.4 Å². The molecule has 0 aromatic carbocycles. The third-order valence-corrected chi connectivity index (χ3v) is 6.28. The van der Waals surface area contributed by atoms with Crippen LogP contribution in [-0.2, 0) is 0 Å². The van der Waals surface area contributed by atoms with Crippen molar-refractivity contribution in [1.29, 1.82) is 0 Å². The maximum atomic E-state index is 5.48. The Bertz CT molecular complexity index is 342. The summed E-state index contributed by atoms with van der Waals surface area (Å²) < 4.78 is 0. The zero-order valence-electron chi connectivity index (χ0n) is 13.2. The Morgan fingerprint density at radius 2 is 1.55 bits per heavy atom. The van der Waals surface area contributed by atoms with Gasteiger partial charge in [-0.05, 0) is 86.8 Å². The van der Waals surface area contributed by atoms with Gasteiger partial charge in [0.05, 0.1) is 0 Å². The second-order valence-corrected chi connectivity index (χ2v) is 8.66. The minimum Gasteiger partial charge on any atom is -0.362 e. The molecule has 0 radical (unpaired) electrons. The standard InChI is InChI=1S/C17H30N2S/c1-11(2)10-18-16(20)19-12(3)17-7-13-4-14(8-17)6-15(5-13)9-17/h11-15H,4-10H2,1-3H3,(H2,18,19,20). The van der Waals surface area contributed by atoms with E-state index >= 15 is 0 Å². The lowest BCUT2D eigenvalue weighted by Gasteiger charge is -2.59. The first-order valence-corrected chi connectivity index (χ1v) is 8.92. The Morgan fingerprint density at radius 3 is 2.00 bits per heavy atom. The van der Waals surface area contributed by atoms with Crippen LogP contribution < -0.4 is 10.6 Å². The fourth-order valence-electron chi connectivity index (χ4n) is 5.41. The van der Waals surface area contributed by atoms with Crippen LogP contribution in [0.2, 0.25) is 0 Å². The van der Waals surface area contributed by atoms with Gasteiger partial charge in [0, 0.05) is 12.6 Å². The van der Waals surface area contributed by atoms with E-state index in [4.69, 9.17) is 12.2 Å². The van der Waals surface area contributed by atoms with Gasteiger partial charge in [0.25, 0.3) is 0 Å². The van der Waals surface area contributed by atoms with E-state index < -0.39 is 0 Å². The van der Waals surface area contributed by atoms with Crippen molar-refractivity contribution >= 4 is 17.3 Å². The lowest BCUT2D eigenvalue weighted by molar-refractivity contribution is -0.0672. The van der Waals surface area contributed by atoms with Gasteiger partial charge in [-0.2, -0.15) is 0 Å². The Kier molecular flexibility index (Phi) is 4.00. The highest BCUT2D eigenvalue weighted by molar-refractivity contribution is 7.80. The van der Waals surface area contributed by atoms with E-state index in [0.29, 0.717) is 17.4 Å². The second-order valence-electron chi connectivity index (χ2n) is 8.25. The Labute approximate surface area is 129 Å². The van der Waals surface area contributed by atoms with Crippen LogP contribution in [0.15, 0.2) is 0 Å². The summed E-state index contributed by atoms with van der Waals surface area (Å²) in [5, 5.41) is 7.84. The van der Waals surface area contributed by atoms with Gasteiger partial charge in [-0.25, -0.2) is 0 Å². The topological polar surface area (TPSA) is 24.1 Å². The summed E-state index contributed by atoms with van der Waals surface area (Å²) in [6.45, 7) is 7.78. The van der Waals surface area contributed by atoms with E-state index in [9.17, 15) is 0 Å². The summed E-state index contributed by atoms with van der Waals surface area (Å²) in [7, 11) is 0. The molecule has 114 valence electrons. The maximum absolute atomic E-state index is 5.48. The Balaban J connectivity index is 1.59. The van der Waals surface area contributed by atoms with Crippen LogP contribution in [0.5, 0.6) is 0 Å². The molecule has 0 aromatic rings. The van der Waals surface area contributed by atoms with Crippen LogP contribution in [0.1, 0.15) is 59.3 Å². The highest BCUT2D eigenvalue weighted by Gasteiger charge is 2.53. The SMILES string of the molecule is CC(C)CNC(=S)NC(C)C12CC3CC(CC(C3)C1)C2. The fourth-order valence-corrected chi connectivity index (χ4v) is 5.67. The van der Waals surface area contributed by atoms with Gasteiger partial charge in [0.2, 0.25) is 0 Å². The maximum Gasteiger partial charge on any atom is 0.166 e. The average Bonchev–Trinajstić information content (AvgIpc) is 2.34. The van der Waals surface area contributed by atoms with Gasteiger partial charge in [0.15, 0.2) is 5.11 Å². The van der Waals surface area contributed by atoms with Crippen LogP contribution >= 0.6 is 12.2 Å². The number of rotatable bonds is 4. The van der Waals surface area contributed by atoms with E-state index in [2.05, 4.69) is 31.4 Å². The fraction of sp³-hybridized carbons (Fsp3) is 0.941. The molecule has 20 heavy (non-hydrogen) atoms. The second kappa shape index (κ2) is 5.47. The van der Waals surface area contributed by atoms with E-state index in [1.54, 1.807) is 0 Å². The smallest absolute Gasteiger partial charge is 0.166 e. The zero-order chi connectivity index (χ0) is 14.3. The Hall–Kier alpha value is -0.310. The van der Waals surface area contributed by atoms with Crippen molar-refractivity contribution < 1.29 is 0 Å². The Morgan fingerprint density at radius 1 is 1.05 bits per heavy atom. The predicted molar refractivity (Wildman–Crippen MR) is 88.6 cm³/mol. The van der Waals surface area contributed by atoms with Crippen LogP contribution in [0.3, 0.4) is 0 Å². The number of hydrogen-bond donors (Lipinski definition) is 2. The third-order valence-electron chi connectivity index (χ3n) is 6.02. The number of hydrogen-bond acceptors (Lipinski definition) is 1. The van der Waals surface area contributed by atoms with Gasteiger partial charge in [-0.15, -0.1) is 0 Å². The molecule has 2 N–H and O–H groups in total. The third kappa shape index (κ3) is 2.84. The molecular weight excluding hydrogens is 264 g/mol. The predicted octanol–water partition coefficient (Wildman–Crippen LogP) is 3.71. The van der Waals surface area contributed by atoms with Gasteiger partial charge in [-0.1, -0.05) is 13.8 Å². The zero-order valence-corrected chi connectivity index (χ0v) is 14.1. The molecule has 4 rings (SSSR count). The molecule has 0 saturated heterocycles. The van der Waals surface area contributed by atoms with Gasteiger partial charge in [0.1, 0.15) is 0 Å². The quantitative estimate of drug-likeness (QED) is 0.773. The highest BCUT2D eigenvalue weighted by Crippen LogP contribution is 2.61. The van der Waals surface area contributed by atoms with Gasteiger partial charge in [-0.3, -0.25) is 0 Å². The summed E-state index contributed by atoms with van der Waals surface area (Å²) >= 11 is 5.48. The normalized spacial score (nSPS) is 39.9. The first-order valence-electron chi connectivity index (χ1n) is 8.51.